The topological polar surface area (TPSA) is 38.8 Å². The van der Waals surface area contributed by atoms with Crippen LogP contribution in [0.1, 0.15) is 13.8 Å². The van der Waals surface area contributed by atoms with Crippen LogP contribution >= 0.6 is 0 Å². The monoisotopic (exact) mass is 249 g/mol. The van der Waals surface area contributed by atoms with Gasteiger partial charge >= 0.3 is 0 Å². The first kappa shape index (κ1) is 12.9. The lowest BCUT2D eigenvalue weighted by Crippen LogP contribution is -2.40. The smallest absolute Gasteiger partial charge is 0.253 e. The van der Waals surface area contributed by atoms with Gasteiger partial charge in [-0.1, -0.05) is 13.0 Å². The third-order valence-electron chi connectivity index (χ3n) is 3.24. The zero-order chi connectivity index (χ0) is 13.1. The van der Waals surface area contributed by atoms with Gasteiger partial charge in [-0.15, -0.1) is 0 Å². The lowest BCUT2D eigenvalue weighted by atomic mass is 10.1. The molecule has 0 bridgehead atoms. The van der Waals surface area contributed by atoms with Crippen molar-refractivity contribution in [3.05, 3.63) is 35.3 Å². The average molecular weight is 249 g/mol. The van der Waals surface area contributed by atoms with Crippen LogP contribution in [0.4, 0.5) is 0 Å². The van der Waals surface area contributed by atoms with Crippen molar-refractivity contribution in [1.29, 1.82) is 0 Å². The summed E-state index contributed by atoms with van der Waals surface area (Å²) in [6.07, 6.45) is 6.05. The molecule has 1 atom stereocenters. The summed E-state index contributed by atoms with van der Waals surface area (Å²) in [5.74, 6) is 1.18. The van der Waals surface area contributed by atoms with Gasteiger partial charge in [-0.2, -0.15) is 0 Å². The van der Waals surface area contributed by atoms with Crippen molar-refractivity contribution in [2.24, 2.45) is 5.92 Å². The van der Waals surface area contributed by atoms with Crippen LogP contribution < -0.4 is 0 Å². The van der Waals surface area contributed by atoms with Gasteiger partial charge in [-0.05, 0) is 24.6 Å². The number of carbonyl (C=O) groups is 1. The largest absolute Gasteiger partial charge is 0.500 e. The first-order chi connectivity index (χ1) is 8.63. The predicted octanol–water partition coefficient (Wildman–Crippen LogP) is 1.86. The maximum atomic E-state index is 11.8. The lowest BCUT2D eigenvalue weighted by Gasteiger charge is -2.27. The van der Waals surface area contributed by atoms with Crippen molar-refractivity contribution in [3.63, 3.8) is 0 Å². The number of allylic oxidation sites excluding steroid dienone is 4. The van der Waals surface area contributed by atoms with Crippen molar-refractivity contribution >= 4 is 5.91 Å². The molecule has 1 saturated heterocycles. The predicted molar refractivity (Wildman–Crippen MR) is 68.6 cm³/mol. The molecular formula is C14H19NO3. The molecule has 0 saturated carbocycles. The number of methoxy groups -OCH3 is 1. The zero-order valence-corrected chi connectivity index (χ0v) is 11.1. The number of morpholine rings is 1. The summed E-state index contributed by atoms with van der Waals surface area (Å²) >= 11 is 0. The van der Waals surface area contributed by atoms with E-state index in [9.17, 15) is 4.79 Å². The van der Waals surface area contributed by atoms with Crippen LogP contribution in [-0.2, 0) is 14.3 Å². The molecule has 2 rings (SSSR count). The highest BCUT2D eigenvalue weighted by Crippen LogP contribution is 2.25. The Morgan fingerprint density at radius 2 is 2.28 bits per heavy atom. The number of carbonyl (C=O) groups excluding carboxylic acids is 1. The summed E-state index contributed by atoms with van der Waals surface area (Å²) in [5, 5.41) is 0. The standard InChI is InChI=1S/C14H19NO3/c1-10-4-5-12(8-11(2)14(10)17-3)15-6-7-18-9-13(15)16/h4-5,8,10H,6-7,9H2,1-3H3/t10-/m0/s1. The van der Waals surface area contributed by atoms with E-state index < -0.39 is 0 Å². The first-order valence-corrected chi connectivity index (χ1v) is 6.16. The van der Waals surface area contributed by atoms with Gasteiger partial charge in [0, 0.05) is 18.2 Å². The number of amides is 1. The van der Waals surface area contributed by atoms with E-state index in [0.29, 0.717) is 13.2 Å². The van der Waals surface area contributed by atoms with Gasteiger partial charge in [0.05, 0.1) is 13.7 Å². The van der Waals surface area contributed by atoms with Gasteiger partial charge in [0.1, 0.15) is 12.4 Å². The molecular weight excluding hydrogens is 230 g/mol. The summed E-state index contributed by atoms with van der Waals surface area (Å²) in [6, 6.07) is 0. The third kappa shape index (κ3) is 2.48. The minimum absolute atomic E-state index is 0.0125. The molecule has 0 unspecified atom stereocenters. The number of ether oxygens (including phenoxy) is 2. The van der Waals surface area contributed by atoms with Gasteiger partial charge in [-0.3, -0.25) is 4.79 Å². The zero-order valence-electron chi connectivity index (χ0n) is 11.1. The van der Waals surface area contributed by atoms with Crippen LogP contribution in [0.2, 0.25) is 0 Å². The van der Waals surface area contributed by atoms with Crippen molar-refractivity contribution in [2.75, 3.05) is 26.9 Å². The van der Waals surface area contributed by atoms with E-state index in [1.165, 1.54) is 0 Å². The molecule has 18 heavy (non-hydrogen) atoms. The van der Waals surface area contributed by atoms with Crippen molar-refractivity contribution < 1.29 is 14.3 Å². The minimum atomic E-state index is 0.0125. The summed E-state index contributed by atoms with van der Waals surface area (Å²) < 4.78 is 10.6. The fourth-order valence-corrected chi connectivity index (χ4v) is 2.34. The van der Waals surface area contributed by atoms with Crippen LogP contribution in [0.15, 0.2) is 35.3 Å². The highest BCUT2D eigenvalue weighted by molar-refractivity contribution is 5.80. The third-order valence-corrected chi connectivity index (χ3v) is 3.24. The van der Waals surface area contributed by atoms with E-state index >= 15 is 0 Å². The van der Waals surface area contributed by atoms with E-state index in [1.54, 1.807) is 12.0 Å². The molecule has 0 aromatic heterocycles. The van der Waals surface area contributed by atoms with Crippen LogP contribution in [-0.4, -0.2) is 37.7 Å². The SMILES string of the molecule is COC1=C(C)C=C(N2CCOCC2=O)C=C[C@@H]1C. The average Bonchev–Trinajstić information content (AvgIpc) is 2.49. The van der Waals surface area contributed by atoms with Gasteiger partial charge < -0.3 is 14.4 Å². The highest BCUT2D eigenvalue weighted by Gasteiger charge is 2.22. The molecule has 0 spiro atoms. The number of rotatable bonds is 2. The summed E-state index contributed by atoms with van der Waals surface area (Å²) in [6.45, 7) is 5.45. The molecule has 0 aromatic rings. The molecule has 1 aliphatic heterocycles. The van der Waals surface area contributed by atoms with E-state index in [4.69, 9.17) is 9.47 Å². The Labute approximate surface area is 108 Å². The van der Waals surface area contributed by atoms with Crippen LogP contribution in [0.5, 0.6) is 0 Å². The Hall–Kier alpha value is -1.55. The van der Waals surface area contributed by atoms with E-state index in [0.717, 1.165) is 17.0 Å². The lowest BCUT2D eigenvalue weighted by molar-refractivity contribution is -0.139. The van der Waals surface area contributed by atoms with Crippen molar-refractivity contribution in [2.45, 2.75) is 13.8 Å². The number of nitrogens with zero attached hydrogens (tertiary/aromatic N) is 1. The summed E-state index contributed by atoms with van der Waals surface area (Å²) in [5.41, 5.74) is 1.98. The molecule has 0 radical (unpaired) electrons. The van der Waals surface area contributed by atoms with E-state index in [2.05, 4.69) is 13.0 Å². The molecule has 1 amide bonds. The number of hydrogen-bond acceptors (Lipinski definition) is 3. The highest BCUT2D eigenvalue weighted by atomic mass is 16.5. The normalized spacial score (nSPS) is 25.1. The second kappa shape index (κ2) is 5.40. The van der Waals surface area contributed by atoms with Crippen molar-refractivity contribution in [1.82, 2.24) is 4.90 Å². The maximum absolute atomic E-state index is 11.8. The molecule has 1 heterocycles. The molecule has 4 nitrogen and oxygen atoms in total. The molecule has 2 aliphatic rings. The molecule has 0 N–H and O–H groups in total. The Kier molecular flexibility index (Phi) is 3.87. The van der Waals surface area contributed by atoms with Crippen LogP contribution in [0.3, 0.4) is 0 Å². The second-order valence-electron chi connectivity index (χ2n) is 4.57. The maximum Gasteiger partial charge on any atom is 0.253 e. The van der Waals surface area contributed by atoms with Gasteiger partial charge in [0.25, 0.3) is 5.91 Å². The quantitative estimate of drug-likeness (QED) is 0.749. The van der Waals surface area contributed by atoms with Gasteiger partial charge in [-0.25, -0.2) is 0 Å². The van der Waals surface area contributed by atoms with E-state index in [1.807, 2.05) is 19.1 Å². The fourth-order valence-electron chi connectivity index (χ4n) is 2.34. The Morgan fingerprint density at radius 1 is 1.50 bits per heavy atom. The molecule has 1 aliphatic carbocycles. The Morgan fingerprint density at radius 3 is 2.94 bits per heavy atom. The van der Waals surface area contributed by atoms with Crippen LogP contribution in [0, 0.1) is 5.92 Å². The Bertz CT molecular complexity index is 434. The molecule has 98 valence electrons. The van der Waals surface area contributed by atoms with Gasteiger partial charge in [0.2, 0.25) is 0 Å². The molecule has 0 aromatic carbocycles. The summed E-state index contributed by atoms with van der Waals surface area (Å²) in [4.78, 5) is 13.6. The summed E-state index contributed by atoms with van der Waals surface area (Å²) in [7, 11) is 1.68. The number of hydrogen-bond donors (Lipinski definition) is 0. The van der Waals surface area contributed by atoms with Gasteiger partial charge in [0.15, 0.2) is 0 Å². The minimum Gasteiger partial charge on any atom is -0.500 e. The second-order valence-corrected chi connectivity index (χ2v) is 4.57. The molecule has 1 fully saturated rings. The molecule has 4 heteroatoms. The van der Waals surface area contributed by atoms with Crippen LogP contribution in [0.25, 0.3) is 0 Å². The van der Waals surface area contributed by atoms with E-state index in [-0.39, 0.29) is 18.4 Å². The first-order valence-electron chi connectivity index (χ1n) is 6.16. The van der Waals surface area contributed by atoms with Crippen molar-refractivity contribution in [3.8, 4) is 0 Å². The fraction of sp³-hybridized carbons (Fsp3) is 0.500. The Balaban J connectivity index is 2.31.